The normalized spacial score (nSPS) is 16.8. The van der Waals surface area contributed by atoms with Gasteiger partial charge in [0.1, 0.15) is 17.2 Å². The van der Waals surface area contributed by atoms with Gasteiger partial charge in [-0.05, 0) is 98.9 Å². The van der Waals surface area contributed by atoms with Crippen molar-refractivity contribution < 1.29 is 19.0 Å². The first kappa shape index (κ1) is 31.8. The van der Waals surface area contributed by atoms with Gasteiger partial charge < -0.3 is 14.2 Å². The van der Waals surface area contributed by atoms with Crippen LogP contribution in [0.1, 0.15) is 120 Å². The molecule has 2 aromatic rings. The highest BCUT2D eigenvalue weighted by molar-refractivity contribution is 5.91. The van der Waals surface area contributed by atoms with E-state index in [0.717, 1.165) is 62.0 Å². The van der Waals surface area contributed by atoms with Crippen molar-refractivity contribution in [3.8, 4) is 17.2 Å². The van der Waals surface area contributed by atoms with Gasteiger partial charge in [0, 0.05) is 0 Å². The maximum absolute atomic E-state index is 12.5. The summed E-state index contributed by atoms with van der Waals surface area (Å²) in [5, 5.41) is 0. The SMILES string of the molecule is C=CCCCCCOc1ccc(C(=O)Oc2ccc(OCCC[C@H]3CC[C@H](CCCCCCC)CC3)cc2)cc1. The molecule has 0 aromatic heterocycles. The average molecular weight is 549 g/mol. The molecule has 1 fully saturated rings. The molecule has 0 atom stereocenters. The van der Waals surface area contributed by atoms with Crippen LogP contribution < -0.4 is 14.2 Å². The Morgan fingerprint density at radius 1 is 0.700 bits per heavy atom. The smallest absolute Gasteiger partial charge is 0.343 e. The summed E-state index contributed by atoms with van der Waals surface area (Å²) in [6.45, 7) is 7.44. The molecule has 0 unspecified atom stereocenters. The van der Waals surface area contributed by atoms with Crippen molar-refractivity contribution in [1.29, 1.82) is 0 Å². The van der Waals surface area contributed by atoms with E-state index in [2.05, 4.69) is 13.5 Å². The van der Waals surface area contributed by atoms with E-state index in [-0.39, 0.29) is 5.97 Å². The Morgan fingerprint density at radius 3 is 1.85 bits per heavy atom. The standard InChI is InChI=1S/C36H52O4/c1-3-5-7-9-11-14-30-16-18-31(19-17-30)15-13-29-39-34-24-26-35(27-25-34)40-36(37)32-20-22-33(23-21-32)38-28-12-10-8-6-4-2/h4,20-27,30-31H,2-3,5-19,28-29H2,1H3/t30-,31-. The lowest BCUT2D eigenvalue weighted by molar-refractivity contribution is 0.0734. The topological polar surface area (TPSA) is 44.8 Å². The van der Waals surface area contributed by atoms with E-state index in [1.165, 1.54) is 70.6 Å². The summed E-state index contributed by atoms with van der Waals surface area (Å²) in [5.74, 6) is 3.56. The third-order valence-electron chi connectivity index (χ3n) is 8.15. The molecular formula is C36H52O4. The number of carbonyl (C=O) groups excluding carboxylic acids is 1. The second-order valence-electron chi connectivity index (χ2n) is 11.5. The van der Waals surface area contributed by atoms with Gasteiger partial charge in [-0.1, -0.05) is 77.2 Å². The Kier molecular flexibility index (Phi) is 15.4. The molecule has 0 saturated heterocycles. The maximum atomic E-state index is 12.5. The first-order valence-electron chi connectivity index (χ1n) is 16.0. The number of hydrogen-bond acceptors (Lipinski definition) is 4. The van der Waals surface area contributed by atoms with Gasteiger partial charge in [-0.3, -0.25) is 0 Å². The lowest BCUT2D eigenvalue weighted by Crippen LogP contribution is -2.15. The summed E-state index contributed by atoms with van der Waals surface area (Å²) >= 11 is 0. The molecule has 0 radical (unpaired) electrons. The van der Waals surface area contributed by atoms with Gasteiger partial charge in [0.25, 0.3) is 0 Å². The van der Waals surface area contributed by atoms with Gasteiger partial charge in [0.05, 0.1) is 18.8 Å². The molecule has 40 heavy (non-hydrogen) atoms. The van der Waals surface area contributed by atoms with Crippen molar-refractivity contribution in [2.75, 3.05) is 13.2 Å². The van der Waals surface area contributed by atoms with Crippen LogP contribution in [-0.4, -0.2) is 19.2 Å². The van der Waals surface area contributed by atoms with E-state index in [0.29, 0.717) is 17.9 Å². The summed E-state index contributed by atoms with van der Waals surface area (Å²) in [6, 6.07) is 14.5. The predicted octanol–water partition coefficient (Wildman–Crippen LogP) is 10.4. The van der Waals surface area contributed by atoms with E-state index in [9.17, 15) is 4.79 Å². The predicted molar refractivity (Wildman–Crippen MR) is 166 cm³/mol. The molecule has 0 heterocycles. The van der Waals surface area contributed by atoms with Gasteiger partial charge in [-0.25, -0.2) is 4.79 Å². The fourth-order valence-corrected chi connectivity index (χ4v) is 5.62. The highest BCUT2D eigenvalue weighted by Gasteiger charge is 2.20. The number of rotatable bonds is 20. The summed E-state index contributed by atoms with van der Waals surface area (Å²) in [5.41, 5.74) is 0.500. The Hall–Kier alpha value is -2.75. The fraction of sp³-hybridized carbons (Fsp3) is 0.583. The molecule has 0 aliphatic heterocycles. The fourth-order valence-electron chi connectivity index (χ4n) is 5.62. The molecular weight excluding hydrogens is 496 g/mol. The lowest BCUT2D eigenvalue weighted by Gasteiger charge is -2.28. The van der Waals surface area contributed by atoms with Crippen LogP contribution in [0.15, 0.2) is 61.2 Å². The largest absolute Gasteiger partial charge is 0.494 e. The number of esters is 1. The quantitative estimate of drug-likeness (QED) is 0.0714. The van der Waals surface area contributed by atoms with Crippen molar-refractivity contribution >= 4 is 5.97 Å². The molecule has 0 bridgehead atoms. The van der Waals surface area contributed by atoms with E-state index in [1.54, 1.807) is 24.3 Å². The summed E-state index contributed by atoms with van der Waals surface area (Å²) in [4.78, 5) is 12.5. The van der Waals surface area contributed by atoms with Gasteiger partial charge in [0.2, 0.25) is 0 Å². The second-order valence-corrected chi connectivity index (χ2v) is 11.5. The number of benzene rings is 2. The molecule has 2 aromatic carbocycles. The molecule has 0 N–H and O–H groups in total. The van der Waals surface area contributed by atoms with Crippen LogP contribution in [0.4, 0.5) is 0 Å². The molecule has 0 spiro atoms. The Labute approximate surface area is 243 Å². The van der Waals surface area contributed by atoms with Crippen LogP contribution in [0.2, 0.25) is 0 Å². The van der Waals surface area contributed by atoms with Crippen LogP contribution in [-0.2, 0) is 0 Å². The van der Waals surface area contributed by atoms with E-state index in [1.807, 2.05) is 30.3 Å². The van der Waals surface area contributed by atoms with E-state index >= 15 is 0 Å². The minimum absolute atomic E-state index is 0.379. The average Bonchev–Trinajstić information content (AvgIpc) is 2.99. The number of ether oxygens (including phenoxy) is 3. The second kappa shape index (κ2) is 19.3. The van der Waals surface area contributed by atoms with Crippen molar-refractivity contribution in [3.05, 3.63) is 66.7 Å². The zero-order valence-corrected chi connectivity index (χ0v) is 24.9. The number of unbranched alkanes of at least 4 members (excludes halogenated alkanes) is 7. The Morgan fingerprint density at radius 2 is 1.23 bits per heavy atom. The van der Waals surface area contributed by atoms with Gasteiger partial charge in [0.15, 0.2) is 0 Å². The van der Waals surface area contributed by atoms with Crippen LogP contribution in [0.3, 0.4) is 0 Å². The molecule has 1 aliphatic rings. The first-order chi connectivity index (χ1) is 19.7. The van der Waals surface area contributed by atoms with Gasteiger partial charge >= 0.3 is 5.97 Å². The summed E-state index contributed by atoms with van der Waals surface area (Å²) in [6.07, 6.45) is 22.7. The van der Waals surface area contributed by atoms with Crippen LogP contribution >= 0.6 is 0 Å². The Bertz CT molecular complexity index is 942. The van der Waals surface area contributed by atoms with Crippen LogP contribution in [0.5, 0.6) is 17.2 Å². The first-order valence-corrected chi connectivity index (χ1v) is 16.0. The molecule has 1 saturated carbocycles. The van der Waals surface area contributed by atoms with E-state index < -0.39 is 0 Å². The molecule has 1 aliphatic carbocycles. The summed E-state index contributed by atoms with van der Waals surface area (Å²) in [7, 11) is 0. The minimum Gasteiger partial charge on any atom is -0.494 e. The minimum atomic E-state index is -0.379. The number of allylic oxidation sites excluding steroid dienone is 1. The van der Waals surface area contributed by atoms with Crippen molar-refractivity contribution in [1.82, 2.24) is 0 Å². The summed E-state index contributed by atoms with van der Waals surface area (Å²) < 4.78 is 17.3. The zero-order chi connectivity index (χ0) is 28.3. The van der Waals surface area contributed by atoms with E-state index in [4.69, 9.17) is 14.2 Å². The Balaban J connectivity index is 1.26. The zero-order valence-electron chi connectivity index (χ0n) is 24.9. The third kappa shape index (κ3) is 12.6. The third-order valence-corrected chi connectivity index (χ3v) is 8.15. The monoisotopic (exact) mass is 548 g/mol. The molecule has 3 rings (SSSR count). The van der Waals surface area contributed by atoms with Crippen LogP contribution in [0, 0.1) is 11.8 Å². The lowest BCUT2D eigenvalue weighted by atomic mass is 9.78. The molecule has 220 valence electrons. The number of carbonyl (C=O) groups is 1. The van der Waals surface area contributed by atoms with Crippen molar-refractivity contribution in [3.63, 3.8) is 0 Å². The maximum Gasteiger partial charge on any atom is 0.343 e. The van der Waals surface area contributed by atoms with Crippen molar-refractivity contribution in [2.24, 2.45) is 11.8 Å². The highest BCUT2D eigenvalue weighted by atomic mass is 16.5. The van der Waals surface area contributed by atoms with Gasteiger partial charge in [-0.15, -0.1) is 6.58 Å². The highest BCUT2D eigenvalue weighted by Crippen LogP contribution is 2.34. The van der Waals surface area contributed by atoms with Gasteiger partial charge in [-0.2, -0.15) is 0 Å². The van der Waals surface area contributed by atoms with Crippen molar-refractivity contribution in [2.45, 2.75) is 110 Å². The molecule has 4 nitrogen and oxygen atoms in total. The van der Waals surface area contributed by atoms with Crippen LogP contribution in [0.25, 0.3) is 0 Å². The number of hydrogen-bond donors (Lipinski definition) is 0. The molecule has 0 amide bonds. The molecule has 4 heteroatoms.